The topological polar surface area (TPSA) is 98.8 Å². The van der Waals surface area contributed by atoms with Gasteiger partial charge >= 0.3 is 5.69 Å². The molecule has 128 valence electrons. The van der Waals surface area contributed by atoms with Crippen molar-refractivity contribution in [3.63, 3.8) is 0 Å². The van der Waals surface area contributed by atoms with Crippen LogP contribution in [0.4, 0.5) is 11.6 Å². The molecular weight excluding hydrogens is 308 g/mol. The molecular formula is C16H22N6O2. The highest BCUT2D eigenvalue weighted by atomic mass is 16.6. The molecule has 0 aromatic carbocycles. The number of aryl methyl sites for hydroxylation is 2. The van der Waals surface area contributed by atoms with Crippen molar-refractivity contribution in [1.29, 1.82) is 0 Å². The van der Waals surface area contributed by atoms with Gasteiger partial charge in [0.2, 0.25) is 11.8 Å². The first-order valence-electron chi connectivity index (χ1n) is 8.27. The molecule has 3 rings (SSSR count). The Bertz CT molecular complexity index is 757. The minimum absolute atomic E-state index is 0.0849. The van der Waals surface area contributed by atoms with Gasteiger partial charge in [-0.25, -0.2) is 9.97 Å². The van der Waals surface area contributed by atoms with Gasteiger partial charge in [-0.05, 0) is 32.6 Å². The van der Waals surface area contributed by atoms with Crippen LogP contribution in [0.2, 0.25) is 0 Å². The Kier molecular flexibility index (Phi) is 4.46. The molecule has 0 spiro atoms. The van der Waals surface area contributed by atoms with Gasteiger partial charge < -0.3 is 5.32 Å². The Labute approximate surface area is 140 Å². The molecule has 2 atom stereocenters. The van der Waals surface area contributed by atoms with Gasteiger partial charge in [0.05, 0.1) is 4.92 Å². The molecule has 1 aliphatic rings. The summed E-state index contributed by atoms with van der Waals surface area (Å²) in [5.74, 6) is 1.89. The van der Waals surface area contributed by atoms with E-state index in [1.807, 2.05) is 0 Å². The number of imidazole rings is 1. The van der Waals surface area contributed by atoms with Crippen molar-refractivity contribution in [3.05, 3.63) is 34.0 Å². The number of rotatable bonds is 4. The van der Waals surface area contributed by atoms with Crippen LogP contribution in [-0.2, 0) is 0 Å². The maximum atomic E-state index is 11.5. The summed E-state index contributed by atoms with van der Waals surface area (Å²) in [5.41, 5.74) is 0.266. The van der Waals surface area contributed by atoms with Crippen LogP contribution in [0.3, 0.4) is 0 Å². The summed E-state index contributed by atoms with van der Waals surface area (Å²) >= 11 is 0. The molecule has 0 amide bonds. The summed E-state index contributed by atoms with van der Waals surface area (Å²) in [6.07, 6.45) is 7.96. The zero-order valence-corrected chi connectivity index (χ0v) is 14.2. The zero-order valence-electron chi connectivity index (χ0n) is 14.2. The van der Waals surface area contributed by atoms with E-state index in [1.165, 1.54) is 19.3 Å². The van der Waals surface area contributed by atoms with Crippen molar-refractivity contribution in [2.75, 3.05) is 5.32 Å². The van der Waals surface area contributed by atoms with Crippen molar-refractivity contribution in [2.24, 2.45) is 5.92 Å². The smallest absolute Gasteiger partial charge is 0.333 e. The number of nitrogens with zero attached hydrogens (tertiary/aromatic N) is 5. The Hall–Kier alpha value is -2.51. The molecule has 1 fully saturated rings. The molecule has 0 unspecified atom stereocenters. The molecule has 2 heterocycles. The van der Waals surface area contributed by atoms with Gasteiger partial charge in [-0.3, -0.25) is 14.7 Å². The van der Waals surface area contributed by atoms with Crippen LogP contribution in [0.5, 0.6) is 0 Å². The fraction of sp³-hybridized carbons (Fsp3) is 0.562. The maximum absolute atomic E-state index is 11.5. The van der Waals surface area contributed by atoms with Crippen LogP contribution in [-0.4, -0.2) is 30.5 Å². The van der Waals surface area contributed by atoms with Crippen molar-refractivity contribution < 1.29 is 4.92 Å². The summed E-state index contributed by atoms with van der Waals surface area (Å²) in [5, 5.41) is 14.9. The number of nitro groups is 1. The number of hydrogen-bond donors (Lipinski definition) is 1. The van der Waals surface area contributed by atoms with E-state index in [1.54, 1.807) is 30.8 Å². The highest BCUT2D eigenvalue weighted by molar-refractivity contribution is 5.54. The van der Waals surface area contributed by atoms with E-state index in [2.05, 4.69) is 27.2 Å². The molecule has 0 saturated heterocycles. The number of nitrogens with one attached hydrogen (secondary N) is 1. The number of hydrogen-bond acceptors (Lipinski definition) is 6. The second kappa shape index (κ2) is 6.54. The van der Waals surface area contributed by atoms with E-state index in [0.29, 0.717) is 29.4 Å². The molecule has 1 aliphatic carbocycles. The summed E-state index contributed by atoms with van der Waals surface area (Å²) in [4.78, 5) is 24.0. The first kappa shape index (κ1) is 16.4. The Morgan fingerprint density at radius 1 is 1.29 bits per heavy atom. The highest BCUT2D eigenvalue weighted by Gasteiger charge is 2.27. The van der Waals surface area contributed by atoms with Crippen molar-refractivity contribution >= 4 is 11.6 Å². The minimum atomic E-state index is -0.433. The Morgan fingerprint density at radius 2 is 2.04 bits per heavy atom. The van der Waals surface area contributed by atoms with Gasteiger partial charge in [0, 0.05) is 18.4 Å². The number of aromatic nitrogens is 4. The molecule has 24 heavy (non-hydrogen) atoms. The summed E-state index contributed by atoms with van der Waals surface area (Å²) in [7, 11) is 0. The standard InChI is InChI=1S/C16H22N6O2/c1-10-6-4-5-7-13(10)19-16-18-11(2)14(22(23)24)15(20-16)21-9-8-17-12(21)3/h8-10,13H,4-7H2,1-3H3,(H,18,19,20)/t10-,13-/m0/s1. The first-order valence-corrected chi connectivity index (χ1v) is 8.27. The molecule has 0 bridgehead atoms. The maximum Gasteiger partial charge on any atom is 0.333 e. The van der Waals surface area contributed by atoms with Gasteiger partial charge in [0.25, 0.3) is 0 Å². The van der Waals surface area contributed by atoms with Gasteiger partial charge in [-0.1, -0.05) is 19.8 Å². The summed E-state index contributed by atoms with van der Waals surface area (Å²) in [6.45, 7) is 5.65. The fourth-order valence-electron chi connectivity index (χ4n) is 3.30. The minimum Gasteiger partial charge on any atom is -0.351 e. The van der Waals surface area contributed by atoms with E-state index in [4.69, 9.17) is 0 Å². The van der Waals surface area contributed by atoms with Crippen LogP contribution in [0.15, 0.2) is 12.4 Å². The largest absolute Gasteiger partial charge is 0.351 e. The first-order chi connectivity index (χ1) is 11.5. The highest BCUT2D eigenvalue weighted by Crippen LogP contribution is 2.29. The van der Waals surface area contributed by atoms with Crippen molar-refractivity contribution in [2.45, 2.75) is 52.5 Å². The predicted molar refractivity (Wildman–Crippen MR) is 90.3 cm³/mol. The second-order valence-corrected chi connectivity index (χ2v) is 6.42. The lowest BCUT2D eigenvalue weighted by molar-refractivity contribution is -0.385. The van der Waals surface area contributed by atoms with Gasteiger partial charge in [-0.2, -0.15) is 4.98 Å². The van der Waals surface area contributed by atoms with Crippen LogP contribution in [0.1, 0.15) is 44.1 Å². The average molecular weight is 330 g/mol. The Morgan fingerprint density at radius 3 is 2.67 bits per heavy atom. The fourth-order valence-corrected chi connectivity index (χ4v) is 3.30. The molecule has 0 radical (unpaired) electrons. The van der Waals surface area contributed by atoms with E-state index >= 15 is 0 Å². The van der Waals surface area contributed by atoms with E-state index in [-0.39, 0.29) is 11.5 Å². The second-order valence-electron chi connectivity index (χ2n) is 6.42. The molecule has 0 aliphatic heterocycles. The third kappa shape index (κ3) is 3.08. The monoisotopic (exact) mass is 330 g/mol. The van der Waals surface area contributed by atoms with Gasteiger partial charge in [-0.15, -0.1) is 0 Å². The van der Waals surface area contributed by atoms with E-state index in [0.717, 1.165) is 6.42 Å². The van der Waals surface area contributed by atoms with Crippen molar-refractivity contribution in [1.82, 2.24) is 19.5 Å². The average Bonchev–Trinajstić information content (AvgIpc) is 2.94. The lowest BCUT2D eigenvalue weighted by atomic mass is 9.86. The van der Waals surface area contributed by atoms with Crippen LogP contribution >= 0.6 is 0 Å². The van der Waals surface area contributed by atoms with Crippen LogP contribution in [0.25, 0.3) is 5.82 Å². The molecule has 8 nitrogen and oxygen atoms in total. The normalized spacial score (nSPS) is 20.8. The van der Waals surface area contributed by atoms with E-state index in [9.17, 15) is 10.1 Å². The third-order valence-electron chi connectivity index (χ3n) is 4.70. The number of anilines is 1. The summed E-state index contributed by atoms with van der Waals surface area (Å²) in [6, 6.07) is 0.302. The Balaban J connectivity index is 2.01. The summed E-state index contributed by atoms with van der Waals surface area (Å²) < 4.78 is 1.63. The predicted octanol–water partition coefficient (Wildman–Crippen LogP) is 3.18. The van der Waals surface area contributed by atoms with Crippen LogP contribution < -0.4 is 5.32 Å². The van der Waals surface area contributed by atoms with Gasteiger partial charge in [0.15, 0.2) is 0 Å². The van der Waals surface area contributed by atoms with Crippen molar-refractivity contribution in [3.8, 4) is 5.82 Å². The quantitative estimate of drug-likeness (QED) is 0.683. The van der Waals surface area contributed by atoms with E-state index < -0.39 is 4.92 Å². The van der Waals surface area contributed by atoms with Gasteiger partial charge in [0.1, 0.15) is 11.5 Å². The molecule has 2 aromatic rings. The lowest BCUT2D eigenvalue weighted by Gasteiger charge is -2.29. The van der Waals surface area contributed by atoms with Crippen LogP contribution in [0, 0.1) is 29.9 Å². The lowest BCUT2D eigenvalue weighted by Crippen LogP contribution is -2.31. The molecule has 8 heteroatoms. The molecule has 1 N–H and O–H groups in total. The SMILES string of the molecule is Cc1nc(N[C@H]2CCCC[C@@H]2C)nc(-n2ccnc2C)c1[N+](=O)[O-]. The third-order valence-corrected chi connectivity index (χ3v) is 4.70. The molecule has 1 saturated carbocycles. The zero-order chi connectivity index (χ0) is 17.3. The molecule has 2 aromatic heterocycles.